The summed E-state index contributed by atoms with van der Waals surface area (Å²) in [4.78, 5) is 16.5. The molecular formula is C23H32N4O. The summed E-state index contributed by atoms with van der Waals surface area (Å²) in [5, 5.41) is 0. The molecule has 28 heavy (non-hydrogen) atoms. The molecule has 0 radical (unpaired) electrons. The number of fused-ring (bicyclic) bond motifs is 1. The first kappa shape index (κ1) is 19.3. The molecule has 3 heterocycles. The number of rotatable bonds is 4. The van der Waals surface area contributed by atoms with Crippen molar-refractivity contribution >= 4 is 0 Å². The van der Waals surface area contributed by atoms with Crippen molar-refractivity contribution in [2.45, 2.75) is 83.9 Å². The molecule has 5 heteroatoms. The monoisotopic (exact) mass is 380 g/mol. The van der Waals surface area contributed by atoms with Gasteiger partial charge in [-0.15, -0.1) is 0 Å². The van der Waals surface area contributed by atoms with E-state index in [1.165, 1.54) is 36.1 Å². The molecule has 0 spiro atoms. The molecule has 1 saturated carbocycles. The third kappa shape index (κ3) is 4.52. The number of nitrogens with zero attached hydrogens (tertiary/aromatic N) is 4. The van der Waals surface area contributed by atoms with Crippen molar-refractivity contribution in [2.24, 2.45) is 0 Å². The van der Waals surface area contributed by atoms with Crippen LogP contribution in [-0.2, 0) is 24.9 Å². The van der Waals surface area contributed by atoms with E-state index >= 15 is 0 Å². The van der Waals surface area contributed by atoms with E-state index in [2.05, 4.69) is 41.7 Å². The maximum atomic E-state index is 6.29. The summed E-state index contributed by atoms with van der Waals surface area (Å²) in [5.41, 5.74) is 3.63. The largest absolute Gasteiger partial charge is 0.474 e. The van der Waals surface area contributed by atoms with Crippen molar-refractivity contribution in [3.8, 4) is 5.88 Å². The Labute approximate surface area is 168 Å². The molecule has 1 fully saturated rings. The van der Waals surface area contributed by atoms with Crippen LogP contribution in [-0.4, -0.2) is 32.5 Å². The van der Waals surface area contributed by atoms with E-state index in [0.717, 1.165) is 50.6 Å². The van der Waals surface area contributed by atoms with Gasteiger partial charge in [-0.05, 0) is 31.7 Å². The SMILES string of the molecule is CC(C)(C)c1ncc2c(n1)CCN(Cc1cccnc1OC1CCCCC1)C2. The van der Waals surface area contributed by atoms with Crippen LogP contribution in [0.2, 0.25) is 0 Å². The summed E-state index contributed by atoms with van der Waals surface area (Å²) in [6.45, 7) is 9.25. The molecule has 0 unspecified atom stereocenters. The summed E-state index contributed by atoms with van der Waals surface area (Å²) in [7, 11) is 0. The maximum Gasteiger partial charge on any atom is 0.218 e. The first-order chi connectivity index (χ1) is 13.5. The molecule has 150 valence electrons. The van der Waals surface area contributed by atoms with E-state index in [1.54, 1.807) is 0 Å². The molecule has 2 aliphatic rings. The second kappa shape index (κ2) is 8.16. The zero-order valence-corrected chi connectivity index (χ0v) is 17.4. The number of aromatic nitrogens is 3. The molecule has 1 aliphatic heterocycles. The van der Waals surface area contributed by atoms with Crippen molar-refractivity contribution < 1.29 is 4.74 Å². The molecule has 5 nitrogen and oxygen atoms in total. The van der Waals surface area contributed by atoms with Gasteiger partial charge in [0, 0.05) is 60.7 Å². The van der Waals surface area contributed by atoms with E-state index in [-0.39, 0.29) is 5.41 Å². The fourth-order valence-corrected chi connectivity index (χ4v) is 4.10. The zero-order valence-electron chi connectivity index (χ0n) is 17.4. The Bertz CT molecular complexity index is 808. The summed E-state index contributed by atoms with van der Waals surface area (Å²) in [6.07, 6.45) is 11.3. The Morgan fingerprint density at radius 1 is 1.14 bits per heavy atom. The van der Waals surface area contributed by atoms with E-state index in [0.29, 0.717) is 6.10 Å². The van der Waals surface area contributed by atoms with Gasteiger partial charge in [-0.3, -0.25) is 4.90 Å². The van der Waals surface area contributed by atoms with Crippen LogP contribution in [0.1, 0.15) is 75.5 Å². The normalized spacial score (nSPS) is 18.7. The van der Waals surface area contributed by atoms with Gasteiger partial charge in [0.05, 0.1) is 0 Å². The second-order valence-corrected chi connectivity index (χ2v) is 9.22. The minimum atomic E-state index is -0.00671. The van der Waals surface area contributed by atoms with Crippen molar-refractivity contribution in [1.29, 1.82) is 0 Å². The third-order valence-corrected chi connectivity index (χ3v) is 5.76. The summed E-state index contributed by atoms with van der Waals surface area (Å²) < 4.78 is 6.29. The highest BCUT2D eigenvalue weighted by Gasteiger charge is 2.24. The fourth-order valence-electron chi connectivity index (χ4n) is 4.10. The number of hydrogen-bond acceptors (Lipinski definition) is 5. The Morgan fingerprint density at radius 2 is 1.96 bits per heavy atom. The molecule has 4 rings (SSSR count). The van der Waals surface area contributed by atoms with Crippen molar-refractivity contribution in [2.75, 3.05) is 6.54 Å². The molecule has 0 bridgehead atoms. The van der Waals surface area contributed by atoms with Crippen LogP contribution >= 0.6 is 0 Å². The Balaban J connectivity index is 1.44. The van der Waals surface area contributed by atoms with E-state index in [4.69, 9.17) is 9.72 Å². The van der Waals surface area contributed by atoms with Gasteiger partial charge in [0.2, 0.25) is 5.88 Å². The van der Waals surface area contributed by atoms with E-state index in [1.807, 2.05) is 18.5 Å². The second-order valence-electron chi connectivity index (χ2n) is 9.22. The zero-order chi connectivity index (χ0) is 19.6. The molecule has 0 N–H and O–H groups in total. The number of ether oxygens (including phenoxy) is 1. The lowest BCUT2D eigenvalue weighted by atomic mass is 9.95. The molecule has 1 aliphatic carbocycles. The van der Waals surface area contributed by atoms with Gasteiger partial charge in [-0.2, -0.15) is 0 Å². The number of pyridine rings is 1. The van der Waals surface area contributed by atoms with Crippen LogP contribution in [0.5, 0.6) is 5.88 Å². The standard InChI is InChI=1S/C23H32N4O/c1-23(2,3)22-25-14-18-16-27(13-11-20(18)26-22)15-17-8-7-12-24-21(17)28-19-9-5-4-6-10-19/h7-8,12,14,19H,4-6,9-11,13,15-16H2,1-3H3. The Hall–Kier alpha value is -2.01. The van der Waals surface area contributed by atoms with E-state index in [9.17, 15) is 0 Å². The first-order valence-electron chi connectivity index (χ1n) is 10.7. The predicted octanol–water partition coefficient (Wildman–Crippen LogP) is 4.44. The molecular weight excluding hydrogens is 348 g/mol. The van der Waals surface area contributed by atoms with Crippen molar-refractivity contribution in [1.82, 2.24) is 19.9 Å². The van der Waals surface area contributed by atoms with Gasteiger partial charge in [-0.1, -0.05) is 33.3 Å². The predicted molar refractivity (Wildman–Crippen MR) is 110 cm³/mol. The van der Waals surface area contributed by atoms with Gasteiger partial charge in [-0.25, -0.2) is 15.0 Å². The average molecular weight is 381 g/mol. The summed E-state index contributed by atoms with van der Waals surface area (Å²) >= 11 is 0. The van der Waals surface area contributed by atoms with Crippen LogP contribution in [0.4, 0.5) is 0 Å². The average Bonchev–Trinajstić information content (AvgIpc) is 2.69. The Kier molecular flexibility index (Phi) is 5.63. The smallest absolute Gasteiger partial charge is 0.218 e. The fraction of sp³-hybridized carbons (Fsp3) is 0.609. The van der Waals surface area contributed by atoms with Gasteiger partial charge in [0.1, 0.15) is 11.9 Å². The van der Waals surface area contributed by atoms with Gasteiger partial charge in [0.25, 0.3) is 0 Å². The minimum Gasteiger partial charge on any atom is -0.474 e. The molecule has 2 aromatic heterocycles. The lowest BCUT2D eigenvalue weighted by Crippen LogP contribution is -2.32. The van der Waals surface area contributed by atoms with Crippen LogP contribution in [0.25, 0.3) is 0 Å². The van der Waals surface area contributed by atoms with Crippen LogP contribution < -0.4 is 4.74 Å². The number of hydrogen-bond donors (Lipinski definition) is 0. The highest BCUT2D eigenvalue weighted by atomic mass is 16.5. The molecule has 0 saturated heterocycles. The molecule has 0 atom stereocenters. The van der Waals surface area contributed by atoms with Crippen LogP contribution in [0.15, 0.2) is 24.5 Å². The lowest BCUT2D eigenvalue weighted by Gasteiger charge is -2.30. The molecule has 2 aromatic rings. The molecule has 0 aromatic carbocycles. The summed E-state index contributed by atoms with van der Waals surface area (Å²) in [6, 6.07) is 4.17. The van der Waals surface area contributed by atoms with Crippen LogP contribution in [0.3, 0.4) is 0 Å². The van der Waals surface area contributed by atoms with Crippen LogP contribution in [0, 0.1) is 0 Å². The third-order valence-electron chi connectivity index (χ3n) is 5.76. The maximum absolute atomic E-state index is 6.29. The minimum absolute atomic E-state index is 0.00671. The van der Waals surface area contributed by atoms with Crippen molar-refractivity contribution in [3.63, 3.8) is 0 Å². The summed E-state index contributed by atoms with van der Waals surface area (Å²) in [5.74, 6) is 1.76. The highest BCUT2D eigenvalue weighted by Crippen LogP contribution is 2.27. The molecule has 0 amide bonds. The van der Waals surface area contributed by atoms with Crippen molar-refractivity contribution in [3.05, 3.63) is 47.2 Å². The quantitative estimate of drug-likeness (QED) is 0.785. The van der Waals surface area contributed by atoms with E-state index < -0.39 is 0 Å². The highest BCUT2D eigenvalue weighted by molar-refractivity contribution is 5.27. The topological polar surface area (TPSA) is 51.1 Å². The van der Waals surface area contributed by atoms with Gasteiger partial charge in [0.15, 0.2) is 0 Å². The Morgan fingerprint density at radius 3 is 2.75 bits per heavy atom. The first-order valence-corrected chi connectivity index (χ1v) is 10.7. The van der Waals surface area contributed by atoms with Gasteiger partial charge < -0.3 is 4.74 Å². The lowest BCUT2D eigenvalue weighted by molar-refractivity contribution is 0.143. The van der Waals surface area contributed by atoms with Gasteiger partial charge >= 0.3 is 0 Å².